The van der Waals surface area contributed by atoms with Gasteiger partial charge in [0, 0.05) is 49.6 Å². The lowest BCUT2D eigenvalue weighted by Gasteiger charge is -2.05. The highest BCUT2D eigenvalue weighted by molar-refractivity contribution is 15.0. The van der Waals surface area contributed by atoms with Gasteiger partial charge >= 0.3 is 0 Å². The van der Waals surface area contributed by atoms with E-state index in [9.17, 15) is 5.11 Å². The van der Waals surface area contributed by atoms with Crippen LogP contribution >= 0.6 is 37.2 Å². The topological polar surface area (TPSA) is 33.1 Å². The minimum Gasteiger partial charge on any atom is -0.388 e. The quantitative estimate of drug-likeness (QED) is 0.616. The molecule has 1 atom stereocenters. The smallest absolute Gasteiger partial charge is 0.0802 e. The van der Waals surface area contributed by atoms with E-state index >= 15 is 0 Å². The third kappa shape index (κ3) is 12.6. The first kappa shape index (κ1) is 21.8. The van der Waals surface area contributed by atoms with E-state index in [4.69, 9.17) is 0 Å². The summed E-state index contributed by atoms with van der Waals surface area (Å²) in [7, 11) is 0. The van der Waals surface area contributed by atoms with Crippen LogP contribution in [0.15, 0.2) is 24.5 Å². The zero-order valence-corrected chi connectivity index (χ0v) is 15.1. The summed E-state index contributed by atoms with van der Waals surface area (Å²) in [4.78, 5) is 3.89. The highest BCUT2D eigenvalue weighted by Gasteiger charge is 2.01. The average Bonchev–Trinajstić information content (AvgIpc) is 2.45. The van der Waals surface area contributed by atoms with Crippen molar-refractivity contribution in [3.8, 4) is 0 Å². The summed E-state index contributed by atoms with van der Waals surface area (Å²) in [5.74, 6) is 0. The van der Waals surface area contributed by atoms with E-state index in [-0.39, 0.29) is 6.10 Å². The van der Waals surface area contributed by atoms with Crippen molar-refractivity contribution in [2.24, 2.45) is 0 Å². The molecular weight excluding hydrogens is 428 g/mol. The van der Waals surface area contributed by atoms with E-state index < -0.39 is 0 Å². The van der Waals surface area contributed by atoms with E-state index in [2.05, 4.69) is 42.2 Å². The maximum Gasteiger partial charge on any atom is 0.0802 e. The third-order valence-electron chi connectivity index (χ3n) is 1.46. The molecule has 0 fully saturated rings. The second kappa shape index (κ2) is 20.9. The number of aromatic nitrogens is 1. The van der Waals surface area contributed by atoms with Crippen molar-refractivity contribution in [1.82, 2.24) is 4.98 Å². The molecule has 0 saturated heterocycles. The lowest BCUT2D eigenvalue weighted by molar-refractivity contribution is 0.173. The van der Waals surface area contributed by atoms with E-state index in [1.807, 2.05) is 46.8 Å². The molecule has 1 aromatic rings. The van der Waals surface area contributed by atoms with Gasteiger partial charge in [0.25, 0.3) is 0 Å². The number of hydrogen-bond acceptors (Lipinski definition) is 2. The van der Waals surface area contributed by atoms with Crippen molar-refractivity contribution in [1.29, 1.82) is 0 Å². The number of hydrogen-bond donors (Lipinski definition) is 1. The van der Waals surface area contributed by atoms with E-state index in [1.54, 1.807) is 12.4 Å². The van der Waals surface area contributed by atoms with Crippen LogP contribution in [0.2, 0.25) is 0 Å². The van der Waals surface area contributed by atoms with Gasteiger partial charge in [-0.05, 0) is 18.1 Å². The fourth-order valence-corrected chi connectivity index (χ4v) is 0.809. The molecule has 1 N–H and O–H groups in total. The maximum absolute atomic E-state index is 9.29. The lowest BCUT2D eigenvalue weighted by Crippen LogP contribution is -1.94. The molecule has 1 unspecified atom stereocenters. The summed E-state index contributed by atoms with van der Waals surface area (Å²) in [6, 6.07) is 3.70. The molecule has 0 bridgehead atoms. The van der Waals surface area contributed by atoms with Gasteiger partial charge < -0.3 is 5.11 Å². The van der Waals surface area contributed by atoms with Crippen LogP contribution < -0.4 is 0 Å². The molecule has 0 spiro atoms. The molecule has 0 aliphatic rings. The van der Waals surface area contributed by atoms with Gasteiger partial charge in [0.05, 0.1) is 6.10 Å². The molecule has 0 aliphatic heterocycles. The number of halogens is 2. The monoisotopic (exact) mass is 451 g/mol. The van der Waals surface area contributed by atoms with Gasteiger partial charge in [0.2, 0.25) is 0 Å². The van der Waals surface area contributed by atoms with Crippen molar-refractivity contribution in [2.45, 2.75) is 47.1 Å². The molecule has 2 nitrogen and oxygen atoms in total. The van der Waals surface area contributed by atoms with Crippen LogP contribution in [0.1, 0.15) is 52.7 Å². The van der Waals surface area contributed by atoms with E-state index in [0.29, 0.717) is 0 Å². The van der Waals surface area contributed by atoms with Crippen LogP contribution in [0.5, 0.6) is 0 Å². The normalized spacial score (nSPS) is 9.25. The zero-order valence-electron chi connectivity index (χ0n) is 10.7. The van der Waals surface area contributed by atoms with E-state index in [0.717, 1.165) is 12.0 Å². The van der Waals surface area contributed by atoms with E-state index in [1.165, 1.54) is 0 Å². The molecule has 0 aromatic carbocycles. The van der Waals surface area contributed by atoms with Crippen LogP contribution in [-0.2, 0) is 0 Å². The van der Waals surface area contributed by atoms with Crippen molar-refractivity contribution in [2.75, 3.05) is 0 Å². The minimum absolute atomic E-state index is 0.353. The first-order valence-corrected chi connectivity index (χ1v) is 11.9. The van der Waals surface area contributed by atoms with Gasteiger partial charge in [-0.1, -0.05) is 40.7 Å². The Labute approximate surface area is 124 Å². The van der Waals surface area contributed by atoms with Crippen LogP contribution in [0, 0.1) is 0 Å². The fourth-order valence-electron chi connectivity index (χ4n) is 0.809. The van der Waals surface area contributed by atoms with Gasteiger partial charge in [0.1, 0.15) is 0 Å². The molecule has 96 valence electrons. The molecule has 0 aliphatic carbocycles. The first-order valence-electron chi connectivity index (χ1n) is 5.57. The molecule has 1 rings (SSSR count). The van der Waals surface area contributed by atoms with Crippen LogP contribution in [-0.4, -0.2) is 10.1 Å². The second-order valence-electron chi connectivity index (χ2n) is 2.21. The van der Waals surface area contributed by atoms with Crippen molar-refractivity contribution in [3.05, 3.63) is 30.1 Å². The van der Waals surface area contributed by atoms with Gasteiger partial charge in [0.15, 0.2) is 0 Å². The Morgan fingerprint density at radius 2 is 1.75 bits per heavy atom. The second-order valence-corrected chi connectivity index (χ2v) is 2.21. The Hall–Kier alpha value is 0.570. The Kier molecular flexibility index (Phi) is 28.5. The Morgan fingerprint density at radius 1 is 1.25 bits per heavy atom. The summed E-state index contributed by atoms with van der Waals surface area (Å²) in [5, 5.41) is 9.29. The predicted octanol–water partition coefficient (Wildman–Crippen LogP) is 5.35. The van der Waals surface area contributed by atoms with Gasteiger partial charge in [-0.25, -0.2) is 0 Å². The standard InChI is InChI=1S/C8H11NO.2C2H6.I2/c1-2-8(10)7-4-3-5-9-6-7;3*1-2/h3-6,8,10H,2H2,1H3;2*1-2H3;. The fraction of sp³-hybridized carbons (Fsp3) is 0.583. The first-order chi connectivity index (χ1) is 7.84. The molecule has 1 aromatic heterocycles. The van der Waals surface area contributed by atoms with Gasteiger partial charge in [-0.2, -0.15) is 0 Å². The Morgan fingerprint density at radius 3 is 2.06 bits per heavy atom. The molecular formula is C12H23I2NO. The van der Waals surface area contributed by atoms with Crippen LogP contribution in [0.4, 0.5) is 0 Å². The number of pyridine rings is 1. The highest BCUT2D eigenvalue weighted by Crippen LogP contribution is 2.13. The molecule has 16 heavy (non-hydrogen) atoms. The Bertz CT molecular complexity index is 195. The zero-order chi connectivity index (χ0) is 13.4. The maximum atomic E-state index is 9.29. The number of rotatable bonds is 2. The number of aliphatic hydroxyl groups is 1. The molecule has 1 heterocycles. The minimum atomic E-state index is -0.353. The van der Waals surface area contributed by atoms with Crippen LogP contribution in [0.25, 0.3) is 0 Å². The summed E-state index contributed by atoms with van der Waals surface area (Å²) in [6.07, 6.45) is 3.78. The van der Waals surface area contributed by atoms with Gasteiger partial charge in [-0.15, -0.1) is 0 Å². The SMILES string of the molecule is CC.CC.CCC(O)c1cccnc1.II. The number of nitrogens with zero attached hydrogens (tertiary/aromatic N) is 1. The molecule has 0 amide bonds. The molecule has 0 radical (unpaired) electrons. The molecule has 0 saturated carbocycles. The number of aliphatic hydroxyl groups excluding tert-OH is 1. The molecule has 4 heteroatoms. The van der Waals surface area contributed by atoms with Crippen molar-refractivity contribution in [3.63, 3.8) is 0 Å². The van der Waals surface area contributed by atoms with Crippen molar-refractivity contribution >= 4 is 37.2 Å². The van der Waals surface area contributed by atoms with Gasteiger partial charge in [-0.3, -0.25) is 4.98 Å². The van der Waals surface area contributed by atoms with Crippen LogP contribution in [0.3, 0.4) is 0 Å². The largest absolute Gasteiger partial charge is 0.388 e. The van der Waals surface area contributed by atoms with Crippen molar-refractivity contribution < 1.29 is 5.11 Å². The third-order valence-corrected chi connectivity index (χ3v) is 1.46. The lowest BCUT2D eigenvalue weighted by atomic mass is 10.1. The average molecular weight is 451 g/mol. The summed E-state index contributed by atoms with van der Waals surface area (Å²) in [5.41, 5.74) is 0.894. The summed E-state index contributed by atoms with van der Waals surface area (Å²) < 4.78 is 0. The summed E-state index contributed by atoms with van der Waals surface area (Å²) in [6.45, 7) is 9.94. The predicted molar refractivity (Wildman–Crippen MR) is 90.2 cm³/mol. The summed E-state index contributed by atoms with van der Waals surface area (Å²) >= 11 is 4.24. The highest BCUT2D eigenvalue weighted by atomic mass is 128. The Balaban J connectivity index is -0.000000245.